The summed E-state index contributed by atoms with van der Waals surface area (Å²) in [5, 5.41) is 10.8. The summed E-state index contributed by atoms with van der Waals surface area (Å²) in [4.78, 5) is 13.2. The minimum atomic E-state index is -0.361. The number of carbonyl (C=O) groups excluding carboxylic acids is 1. The third-order valence-electron chi connectivity index (χ3n) is 12.2. The zero-order valence-electron chi connectivity index (χ0n) is 24.1. The molecule has 1 aromatic carbocycles. The van der Waals surface area contributed by atoms with Crippen molar-refractivity contribution in [1.29, 1.82) is 0 Å². The average molecular weight is 509 g/mol. The molecule has 4 aliphatic rings. The molecule has 206 valence electrons. The van der Waals surface area contributed by atoms with E-state index in [1.54, 1.807) is 0 Å². The lowest BCUT2D eigenvalue weighted by molar-refractivity contribution is -0.183. The van der Waals surface area contributed by atoms with Gasteiger partial charge in [0, 0.05) is 11.8 Å². The maximum atomic E-state index is 13.2. The Bertz CT molecular complexity index is 926. The molecule has 0 spiro atoms. The number of benzene rings is 1. The van der Waals surface area contributed by atoms with Crippen LogP contribution in [-0.4, -0.2) is 23.3 Å². The van der Waals surface area contributed by atoms with Crippen LogP contribution >= 0.6 is 0 Å². The van der Waals surface area contributed by atoms with Gasteiger partial charge in [0.05, 0.1) is 11.7 Å². The zero-order valence-corrected chi connectivity index (χ0v) is 24.1. The van der Waals surface area contributed by atoms with Crippen molar-refractivity contribution in [3.05, 3.63) is 35.9 Å². The Morgan fingerprint density at radius 1 is 0.973 bits per heavy atom. The van der Waals surface area contributed by atoms with Gasteiger partial charge in [-0.25, -0.2) is 4.79 Å². The Morgan fingerprint density at radius 3 is 2.46 bits per heavy atom. The highest BCUT2D eigenvalue weighted by molar-refractivity contribution is 5.89. The van der Waals surface area contributed by atoms with Gasteiger partial charge in [-0.1, -0.05) is 72.1 Å². The van der Waals surface area contributed by atoms with E-state index in [1.807, 2.05) is 30.3 Å². The van der Waals surface area contributed by atoms with Gasteiger partial charge in [0.25, 0.3) is 0 Å². The second-order valence-corrected chi connectivity index (χ2v) is 14.4. The first kappa shape index (κ1) is 27.2. The van der Waals surface area contributed by atoms with Crippen LogP contribution in [0.3, 0.4) is 0 Å². The predicted octanol–water partition coefficient (Wildman–Crippen LogP) is 8.30. The molecule has 3 nitrogen and oxygen atoms in total. The van der Waals surface area contributed by atoms with Crippen LogP contribution < -0.4 is 0 Å². The molecule has 4 saturated carbocycles. The van der Waals surface area contributed by atoms with E-state index in [0.717, 1.165) is 36.0 Å². The number of esters is 1. The molecule has 0 radical (unpaired) electrons. The second-order valence-electron chi connectivity index (χ2n) is 14.4. The molecule has 0 bridgehead atoms. The maximum absolute atomic E-state index is 13.2. The number of aliphatic hydroxyl groups is 1. The van der Waals surface area contributed by atoms with Gasteiger partial charge < -0.3 is 9.84 Å². The molecular weight excluding hydrogens is 456 g/mol. The predicted molar refractivity (Wildman–Crippen MR) is 150 cm³/mol. The normalized spacial score (nSPS) is 42.0. The number of fused-ring (bicyclic) bond motifs is 5. The van der Waals surface area contributed by atoms with Crippen LogP contribution in [0.4, 0.5) is 0 Å². The summed E-state index contributed by atoms with van der Waals surface area (Å²) in [7, 11) is 0. The molecule has 0 amide bonds. The zero-order chi connectivity index (χ0) is 26.4. The molecule has 4 fully saturated rings. The number of ether oxygens (including phenoxy) is 1. The van der Waals surface area contributed by atoms with Gasteiger partial charge in [0.2, 0.25) is 0 Å². The van der Waals surface area contributed by atoms with Crippen molar-refractivity contribution in [3.8, 4) is 0 Å². The average Bonchev–Trinajstić information content (AvgIpc) is 3.22. The SMILES string of the molecule is CC(C)CCC[C@@H](C)[C@H]1CC[C@H]2[C@@H]3CCC4C[C@H](O)CC(OC(=O)c5ccccc5)[C@@]4(C)[C@H]3CC[C@]12C. The van der Waals surface area contributed by atoms with Crippen molar-refractivity contribution in [3.63, 3.8) is 0 Å². The summed E-state index contributed by atoms with van der Waals surface area (Å²) in [6.45, 7) is 12.3. The summed E-state index contributed by atoms with van der Waals surface area (Å²) in [6.07, 6.45) is 12.9. The summed E-state index contributed by atoms with van der Waals surface area (Å²) < 4.78 is 6.33. The lowest BCUT2D eigenvalue weighted by Gasteiger charge is -2.62. The molecule has 5 rings (SSSR count). The Morgan fingerprint density at radius 2 is 1.73 bits per heavy atom. The van der Waals surface area contributed by atoms with Crippen molar-refractivity contribution in [2.45, 2.75) is 117 Å². The first-order chi connectivity index (χ1) is 17.6. The van der Waals surface area contributed by atoms with Crippen LogP contribution in [0, 0.1) is 52.3 Å². The number of carbonyl (C=O) groups is 1. The van der Waals surface area contributed by atoms with Crippen LogP contribution in [0.25, 0.3) is 0 Å². The van der Waals surface area contributed by atoms with Crippen molar-refractivity contribution in [2.24, 2.45) is 52.3 Å². The minimum absolute atomic E-state index is 0.0329. The van der Waals surface area contributed by atoms with Crippen LogP contribution in [0.5, 0.6) is 0 Å². The first-order valence-corrected chi connectivity index (χ1v) is 15.6. The lowest BCUT2D eigenvalue weighted by atomic mass is 9.43. The number of hydrogen-bond acceptors (Lipinski definition) is 3. The van der Waals surface area contributed by atoms with E-state index in [2.05, 4.69) is 34.6 Å². The lowest BCUT2D eigenvalue weighted by Crippen LogP contribution is -2.60. The molecular formula is C34H52O3. The van der Waals surface area contributed by atoms with Crippen molar-refractivity contribution in [1.82, 2.24) is 0 Å². The summed E-state index contributed by atoms with van der Waals surface area (Å²) in [6, 6.07) is 9.42. The van der Waals surface area contributed by atoms with Crippen LogP contribution in [0.15, 0.2) is 30.3 Å². The number of rotatable bonds is 7. The second kappa shape index (κ2) is 10.7. The van der Waals surface area contributed by atoms with E-state index in [0.29, 0.717) is 29.2 Å². The fraction of sp³-hybridized carbons (Fsp3) is 0.794. The summed E-state index contributed by atoms with van der Waals surface area (Å²) in [5.74, 6) is 4.85. The Balaban J connectivity index is 1.35. The summed E-state index contributed by atoms with van der Waals surface area (Å²) in [5.41, 5.74) is 1.05. The number of aliphatic hydroxyl groups excluding tert-OH is 1. The van der Waals surface area contributed by atoms with Gasteiger partial charge in [-0.15, -0.1) is 0 Å². The van der Waals surface area contributed by atoms with Gasteiger partial charge in [0.15, 0.2) is 0 Å². The van der Waals surface area contributed by atoms with E-state index in [-0.39, 0.29) is 23.6 Å². The van der Waals surface area contributed by atoms with E-state index in [4.69, 9.17) is 4.74 Å². The fourth-order valence-corrected chi connectivity index (χ4v) is 10.2. The summed E-state index contributed by atoms with van der Waals surface area (Å²) >= 11 is 0. The third kappa shape index (κ3) is 4.92. The van der Waals surface area contributed by atoms with E-state index < -0.39 is 0 Å². The van der Waals surface area contributed by atoms with Gasteiger partial charge >= 0.3 is 5.97 Å². The third-order valence-corrected chi connectivity index (χ3v) is 12.2. The fourth-order valence-electron chi connectivity index (χ4n) is 10.2. The monoisotopic (exact) mass is 508 g/mol. The molecule has 1 aromatic rings. The molecule has 3 heteroatoms. The molecule has 0 saturated heterocycles. The molecule has 1 N–H and O–H groups in total. The van der Waals surface area contributed by atoms with E-state index in [9.17, 15) is 9.90 Å². The molecule has 10 atom stereocenters. The Hall–Kier alpha value is -1.35. The Labute approximate surface area is 226 Å². The smallest absolute Gasteiger partial charge is 0.338 e. The first-order valence-electron chi connectivity index (χ1n) is 15.6. The highest BCUT2D eigenvalue weighted by atomic mass is 16.5. The van der Waals surface area contributed by atoms with Crippen molar-refractivity contribution < 1.29 is 14.6 Å². The quantitative estimate of drug-likeness (QED) is 0.377. The van der Waals surface area contributed by atoms with Crippen LogP contribution in [0.2, 0.25) is 0 Å². The minimum Gasteiger partial charge on any atom is -0.458 e. The highest BCUT2D eigenvalue weighted by Crippen LogP contribution is 2.68. The van der Waals surface area contributed by atoms with Gasteiger partial charge in [-0.05, 0) is 104 Å². The van der Waals surface area contributed by atoms with Gasteiger partial charge in [-0.2, -0.15) is 0 Å². The van der Waals surface area contributed by atoms with Crippen LogP contribution in [-0.2, 0) is 4.74 Å². The topological polar surface area (TPSA) is 46.5 Å². The maximum Gasteiger partial charge on any atom is 0.338 e. The van der Waals surface area contributed by atoms with Gasteiger partial charge in [0.1, 0.15) is 6.10 Å². The molecule has 37 heavy (non-hydrogen) atoms. The molecule has 4 aliphatic carbocycles. The molecule has 0 aromatic heterocycles. The molecule has 0 heterocycles. The highest BCUT2D eigenvalue weighted by Gasteiger charge is 2.63. The standard InChI is InChI=1S/C34H52O3/c1-22(2)10-9-11-23(3)28-16-17-29-27-15-14-25-20-26(35)21-31(37-32(36)24-12-7-6-8-13-24)34(25,5)30(27)18-19-33(28,29)4/h6-8,12-13,22-23,25-31,35H,9-11,14-21H2,1-5H3/t23-,25?,26+,27+,28-,29+,30+,31?,33-,34-/m1/s1. The van der Waals surface area contributed by atoms with Crippen LogP contribution in [0.1, 0.15) is 116 Å². The number of hydrogen-bond donors (Lipinski definition) is 1. The Kier molecular flexibility index (Phi) is 7.85. The van der Waals surface area contributed by atoms with E-state index in [1.165, 1.54) is 57.8 Å². The molecule has 0 aliphatic heterocycles. The van der Waals surface area contributed by atoms with Crippen molar-refractivity contribution in [2.75, 3.05) is 0 Å². The van der Waals surface area contributed by atoms with Crippen molar-refractivity contribution >= 4 is 5.97 Å². The molecule has 2 unspecified atom stereocenters. The van der Waals surface area contributed by atoms with E-state index >= 15 is 0 Å². The largest absolute Gasteiger partial charge is 0.458 e. The van der Waals surface area contributed by atoms with Gasteiger partial charge in [-0.3, -0.25) is 0 Å².